The second-order valence-electron chi connectivity index (χ2n) is 6.27. The third kappa shape index (κ3) is 3.67. The van der Waals surface area contributed by atoms with Crippen LogP contribution in [0, 0.1) is 0 Å². The Morgan fingerprint density at radius 3 is 2.41 bits per heavy atom. The first-order chi connectivity index (χ1) is 9.47. The van der Waals surface area contributed by atoms with Gasteiger partial charge in [-0.05, 0) is 0 Å². The molecule has 0 atom stereocenters. The Kier molecular flexibility index (Phi) is 6.50. The Balaban J connectivity index is 0.00000121. The number of halogens is 2. The van der Waals surface area contributed by atoms with E-state index in [-0.39, 0.29) is 30.2 Å². The molecule has 114 valence electrons. The Morgan fingerprint density at radius 1 is 1.05 bits per heavy atom. The Bertz CT molecular complexity index is 797. The summed E-state index contributed by atoms with van der Waals surface area (Å²) < 4.78 is 2.99. The predicted molar refractivity (Wildman–Crippen MR) is 81.8 cm³/mol. The minimum atomic E-state index is -0.852. The molecule has 1 aromatic heterocycles. The van der Waals surface area contributed by atoms with Gasteiger partial charge in [0.1, 0.15) is 0 Å². The molecular weight excluding hydrogens is 392 g/mol. The fourth-order valence-electron chi connectivity index (χ4n) is 2.65. The minimum absolute atomic E-state index is 0. The quantitative estimate of drug-likeness (QED) is 0.522. The van der Waals surface area contributed by atoms with Crippen molar-refractivity contribution in [3.63, 3.8) is 0 Å². The topological polar surface area (TPSA) is 15.8 Å². The fourth-order valence-corrected chi connectivity index (χ4v) is 6.57. The van der Waals surface area contributed by atoms with Crippen LogP contribution in [0.15, 0.2) is 48.7 Å². The molecule has 1 aliphatic carbocycles. The van der Waals surface area contributed by atoms with Crippen molar-refractivity contribution in [1.82, 2.24) is 4.98 Å². The van der Waals surface area contributed by atoms with Crippen LogP contribution in [0.1, 0.15) is 26.3 Å². The molecule has 0 amide bonds. The van der Waals surface area contributed by atoms with E-state index in [1.165, 1.54) is 28.3 Å². The molecule has 3 rings (SSSR count). The normalized spacial score (nSPS) is 12.7. The average Bonchev–Trinajstić information content (AvgIpc) is 2.95. The Labute approximate surface area is 156 Å². The molecule has 0 aliphatic heterocycles. The van der Waals surface area contributed by atoms with Crippen LogP contribution in [0.4, 0.5) is 0 Å². The van der Waals surface area contributed by atoms with Gasteiger partial charge in [0.2, 0.25) is 0 Å². The van der Waals surface area contributed by atoms with Gasteiger partial charge in [-0.15, -0.1) is 0 Å². The van der Waals surface area contributed by atoms with Crippen molar-refractivity contribution in [3.8, 4) is 0 Å². The maximum Gasteiger partial charge on any atom is -1.00 e. The summed E-state index contributed by atoms with van der Waals surface area (Å²) in [5.74, 6) is 0. The minimum Gasteiger partial charge on any atom is -1.00 e. The summed E-state index contributed by atoms with van der Waals surface area (Å²) in [6.07, 6.45) is 4.32. The van der Waals surface area contributed by atoms with Gasteiger partial charge in [-0.25, -0.2) is 0 Å². The summed E-state index contributed by atoms with van der Waals surface area (Å²) in [5, 5.41) is 2.73. The maximum atomic E-state index is 4.26. The van der Waals surface area contributed by atoms with Crippen molar-refractivity contribution in [2.24, 2.45) is 0 Å². The van der Waals surface area contributed by atoms with Crippen molar-refractivity contribution in [2.75, 3.05) is 0 Å². The van der Waals surface area contributed by atoms with E-state index in [0.717, 1.165) is 0 Å². The summed E-state index contributed by atoms with van der Waals surface area (Å²) in [6.45, 7) is 11.1. The van der Waals surface area contributed by atoms with Gasteiger partial charge in [-0.1, -0.05) is 0 Å². The summed E-state index contributed by atoms with van der Waals surface area (Å²) >= 11 is -0.852. The third-order valence-electron chi connectivity index (χ3n) is 3.69. The molecule has 22 heavy (non-hydrogen) atoms. The van der Waals surface area contributed by atoms with Crippen LogP contribution in [0.3, 0.4) is 0 Å². The molecule has 0 saturated heterocycles. The van der Waals surface area contributed by atoms with Crippen LogP contribution < -0.4 is 38.7 Å². The Hall–Kier alpha value is -0.557. The number of hydrogen-bond donors (Lipinski definition) is 1. The molecule has 0 bridgehead atoms. The zero-order valence-corrected chi connectivity index (χ0v) is 17.0. The van der Waals surface area contributed by atoms with E-state index < -0.39 is 23.2 Å². The fraction of sp³-hybridized carbons (Fsp3) is 0.222. The van der Waals surface area contributed by atoms with Crippen LogP contribution in [0.5, 0.6) is 0 Å². The van der Waals surface area contributed by atoms with Crippen molar-refractivity contribution in [2.45, 2.75) is 26.2 Å². The number of rotatable bonds is 2. The second kappa shape index (κ2) is 7.34. The molecule has 0 fully saturated rings. The summed E-state index contributed by atoms with van der Waals surface area (Å²) in [6, 6.07) is 10.9. The number of benzene rings is 1. The smallest absolute Gasteiger partial charge is 1.00 e. The van der Waals surface area contributed by atoms with Gasteiger partial charge < -0.3 is 24.8 Å². The van der Waals surface area contributed by atoms with E-state index in [9.17, 15) is 0 Å². The van der Waals surface area contributed by atoms with Gasteiger partial charge in [-0.2, -0.15) is 0 Å². The molecule has 0 unspecified atom stereocenters. The number of aromatic nitrogens is 1. The largest absolute Gasteiger partial charge is 1.00 e. The molecule has 1 aliphatic rings. The van der Waals surface area contributed by atoms with Crippen molar-refractivity contribution >= 4 is 12.8 Å². The zero-order chi connectivity index (χ0) is 14.3. The van der Waals surface area contributed by atoms with Crippen LogP contribution >= 0.6 is 0 Å². The molecule has 1 N–H and O–H groups in total. The number of nitrogens with one attached hydrogen (secondary N) is 1. The van der Waals surface area contributed by atoms with Gasteiger partial charge >= 0.3 is 132 Å². The first-order valence-electron chi connectivity index (χ1n) is 6.92. The number of H-pyrrole nitrogens is 1. The van der Waals surface area contributed by atoms with Crippen molar-refractivity contribution in [1.29, 1.82) is 0 Å². The predicted octanol–water partition coefficient (Wildman–Crippen LogP) is -3.81. The molecule has 1 nitrogen and oxygen atoms in total. The standard InChI is InChI=1S/C10H7.C8H12N.2ClH.Zr/c1-8-6-9-4-2-3-5-10(9)7-8;1-8(2,3)7-4-5-9-6-7;;;/h2-6H,1H2;4-5,9H,1-3H3;2*1H;/q;;;;+2/p-2. The molecule has 1 aromatic carbocycles. The average molecular weight is 411 g/mol. The van der Waals surface area contributed by atoms with E-state index in [2.05, 4.69) is 74.9 Å². The van der Waals surface area contributed by atoms with Gasteiger partial charge in [-0.3, -0.25) is 0 Å². The van der Waals surface area contributed by atoms with Crippen LogP contribution in [0.25, 0.3) is 9.36 Å². The second-order valence-corrected chi connectivity index (χ2v) is 9.35. The van der Waals surface area contributed by atoms with Gasteiger partial charge in [0, 0.05) is 0 Å². The third-order valence-corrected chi connectivity index (χ3v) is 7.38. The maximum absolute atomic E-state index is 4.26. The number of hydrogen-bond acceptors (Lipinski definition) is 0. The van der Waals surface area contributed by atoms with Crippen molar-refractivity contribution < 1.29 is 48.0 Å². The molecule has 0 spiro atoms. The molecule has 0 radical (unpaired) electrons. The molecule has 4 heteroatoms. The summed E-state index contributed by atoms with van der Waals surface area (Å²) in [5.41, 5.74) is 2.89. The van der Waals surface area contributed by atoms with Crippen LogP contribution in [0.2, 0.25) is 0 Å². The molecule has 2 aromatic rings. The van der Waals surface area contributed by atoms with Gasteiger partial charge in [0.15, 0.2) is 0 Å². The van der Waals surface area contributed by atoms with Crippen LogP contribution in [-0.2, 0) is 28.6 Å². The number of allylic oxidation sites excluding steroid dienone is 1. The van der Waals surface area contributed by atoms with E-state index in [4.69, 9.17) is 0 Å². The number of aromatic amines is 1. The first kappa shape index (κ1) is 19.5. The van der Waals surface area contributed by atoms with E-state index >= 15 is 0 Å². The first-order valence-corrected chi connectivity index (χ1v) is 9.38. The summed E-state index contributed by atoms with van der Waals surface area (Å²) in [4.78, 5) is 3.49. The zero-order valence-electron chi connectivity index (χ0n) is 13.0. The monoisotopic (exact) mass is 409 g/mol. The number of fused-ring (bicyclic) bond motifs is 1. The van der Waals surface area contributed by atoms with Crippen LogP contribution in [-0.4, -0.2) is 4.98 Å². The van der Waals surface area contributed by atoms with Gasteiger partial charge in [0.05, 0.1) is 0 Å². The Morgan fingerprint density at radius 2 is 1.73 bits per heavy atom. The van der Waals surface area contributed by atoms with E-state index in [1.807, 2.05) is 0 Å². The summed E-state index contributed by atoms with van der Waals surface area (Å²) in [7, 11) is 0. The molecule has 1 heterocycles. The van der Waals surface area contributed by atoms with Crippen molar-refractivity contribution in [3.05, 3.63) is 64.7 Å². The van der Waals surface area contributed by atoms with E-state index in [1.54, 1.807) is 0 Å². The van der Waals surface area contributed by atoms with Gasteiger partial charge in [0.25, 0.3) is 0 Å². The SMILES string of the molecule is C=C1C=c2ccccc2=[C]1[Zr+2][c]1[nH]ccc1C(C)(C)C.[Cl-].[Cl-]. The van der Waals surface area contributed by atoms with E-state index in [0.29, 0.717) is 0 Å². The molecular formula is C18H19Cl2NZr. The molecule has 0 saturated carbocycles.